The molecule has 0 aromatic heterocycles. The second-order valence-corrected chi connectivity index (χ2v) is 6.27. The van der Waals surface area contributed by atoms with E-state index in [1.54, 1.807) is 0 Å². The van der Waals surface area contributed by atoms with E-state index in [0.717, 1.165) is 24.9 Å². The summed E-state index contributed by atoms with van der Waals surface area (Å²) in [6.07, 6.45) is 2.70. The zero-order valence-corrected chi connectivity index (χ0v) is 12.7. The summed E-state index contributed by atoms with van der Waals surface area (Å²) in [6.45, 7) is 10.7. The third kappa shape index (κ3) is 4.54. The molecule has 2 nitrogen and oxygen atoms in total. The lowest BCUT2D eigenvalue weighted by molar-refractivity contribution is 0.255. The van der Waals surface area contributed by atoms with Gasteiger partial charge in [0, 0.05) is 18.5 Å². The Balaban J connectivity index is 1.79. The Labute approximate surface area is 117 Å². The highest BCUT2D eigenvalue weighted by Gasteiger charge is 2.20. The molecule has 2 rings (SSSR count). The van der Waals surface area contributed by atoms with Gasteiger partial charge in [-0.3, -0.25) is 0 Å². The molecule has 1 aromatic rings. The summed E-state index contributed by atoms with van der Waals surface area (Å²) in [5.41, 5.74) is 2.74. The molecule has 1 aromatic carbocycles. The topological polar surface area (TPSA) is 21.3 Å². The molecule has 0 spiro atoms. The van der Waals surface area contributed by atoms with Crippen molar-refractivity contribution in [3.8, 4) is 5.75 Å². The first-order valence-corrected chi connectivity index (χ1v) is 7.53. The molecule has 1 N–H and O–H groups in total. The minimum atomic E-state index is 0.561. The molecule has 0 saturated heterocycles. The van der Waals surface area contributed by atoms with E-state index in [-0.39, 0.29) is 0 Å². The summed E-state index contributed by atoms with van der Waals surface area (Å²) >= 11 is 0. The van der Waals surface area contributed by atoms with Crippen molar-refractivity contribution >= 4 is 0 Å². The highest BCUT2D eigenvalue weighted by atomic mass is 16.5. The number of hydrogen-bond donors (Lipinski definition) is 1. The predicted molar refractivity (Wildman–Crippen MR) is 81.0 cm³/mol. The lowest BCUT2D eigenvalue weighted by Crippen LogP contribution is -2.26. The molecule has 1 saturated carbocycles. The van der Waals surface area contributed by atoms with Gasteiger partial charge in [-0.1, -0.05) is 26.8 Å². The minimum absolute atomic E-state index is 0.561. The van der Waals surface area contributed by atoms with Gasteiger partial charge in [0.15, 0.2) is 0 Å². The molecular formula is C17H27NO. The first-order valence-electron chi connectivity index (χ1n) is 7.53. The normalized spacial score (nSPS) is 16.7. The predicted octanol–water partition coefficient (Wildman–Crippen LogP) is 3.89. The van der Waals surface area contributed by atoms with Crippen LogP contribution >= 0.6 is 0 Å². The van der Waals surface area contributed by atoms with Crippen molar-refractivity contribution in [3.05, 3.63) is 29.3 Å². The van der Waals surface area contributed by atoms with Crippen molar-refractivity contribution in [1.82, 2.24) is 5.32 Å². The van der Waals surface area contributed by atoms with E-state index in [2.05, 4.69) is 51.2 Å². The van der Waals surface area contributed by atoms with E-state index in [9.17, 15) is 0 Å². The van der Waals surface area contributed by atoms with Gasteiger partial charge < -0.3 is 10.1 Å². The standard InChI is InChI=1S/C17H27NO/c1-12(2)17-8-7-16(9-14(17)4)19-11-13(3)10-18-15-5-6-15/h7-9,12-13,15,18H,5-6,10-11H2,1-4H3. The summed E-state index contributed by atoms with van der Waals surface area (Å²) in [7, 11) is 0. The maximum absolute atomic E-state index is 5.90. The van der Waals surface area contributed by atoms with E-state index < -0.39 is 0 Å². The fourth-order valence-electron chi connectivity index (χ4n) is 2.34. The minimum Gasteiger partial charge on any atom is -0.493 e. The average Bonchev–Trinajstić information content (AvgIpc) is 3.17. The number of nitrogens with one attached hydrogen (secondary N) is 1. The van der Waals surface area contributed by atoms with Crippen LogP contribution in [0.25, 0.3) is 0 Å². The zero-order chi connectivity index (χ0) is 13.8. The number of rotatable bonds is 7. The largest absolute Gasteiger partial charge is 0.493 e. The first-order chi connectivity index (χ1) is 9.06. The van der Waals surface area contributed by atoms with Crippen molar-refractivity contribution in [2.45, 2.75) is 52.5 Å². The Morgan fingerprint density at radius 1 is 1.26 bits per heavy atom. The van der Waals surface area contributed by atoms with Crippen LogP contribution in [0.5, 0.6) is 5.75 Å². The molecule has 0 bridgehead atoms. The van der Waals surface area contributed by atoms with Gasteiger partial charge in [-0.05, 0) is 48.9 Å². The van der Waals surface area contributed by atoms with Gasteiger partial charge >= 0.3 is 0 Å². The number of ether oxygens (including phenoxy) is 1. The molecule has 1 unspecified atom stereocenters. The average molecular weight is 261 g/mol. The van der Waals surface area contributed by atoms with E-state index in [1.807, 2.05) is 0 Å². The van der Waals surface area contributed by atoms with Crippen LogP contribution in [-0.2, 0) is 0 Å². The molecular weight excluding hydrogens is 234 g/mol. The molecule has 1 atom stereocenters. The fraction of sp³-hybridized carbons (Fsp3) is 0.647. The van der Waals surface area contributed by atoms with Crippen LogP contribution in [0.4, 0.5) is 0 Å². The molecule has 2 heteroatoms. The molecule has 0 heterocycles. The second-order valence-electron chi connectivity index (χ2n) is 6.27. The second kappa shape index (κ2) is 6.42. The smallest absolute Gasteiger partial charge is 0.119 e. The van der Waals surface area contributed by atoms with Crippen LogP contribution in [-0.4, -0.2) is 19.2 Å². The third-order valence-electron chi connectivity index (χ3n) is 3.73. The highest BCUT2D eigenvalue weighted by Crippen LogP contribution is 2.24. The molecule has 106 valence electrons. The first kappa shape index (κ1) is 14.4. The molecule has 1 fully saturated rings. The number of benzene rings is 1. The van der Waals surface area contributed by atoms with Gasteiger partial charge in [-0.2, -0.15) is 0 Å². The van der Waals surface area contributed by atoms with E-state index in [0.29, 0.717) is 11.8 Å². The number of aryl methyl sites for hydroxylation is 1. The highest BCUT2D eigenvalue weighted by molar-refractivity contribution is 5.36. The Kier molecular flexibility index (Phi) is 4.87. The van der Waals surface area contributed by atoms with Gasteiger partial charge in [-0.15, -0.1) is 0 Å². The van der Waals surface area contributed by atoms with Crippen LogP contribution < -0.4 is 10.1 Å². The monoisotopic (exact) mass is 261 g/mol. The zero-order valence-electron chi connectivity index (χ0n) is 12.7. The Bertz CT molecular complexity index is 410. The Morgan fingerprint density at radius 2 is 2.00 bits per heavy atom. The molecule has 1 aliphatic carbocycles. The van der Waals surface area contributed by atoms with Gasteiger partial charge in [0.25, 0.3) is 0 Å². The summed E-state index contributed by atoms with van der Waals surface area (Å²) in [6, 6.07) is 7.25. The molecule has 0 radical (unpaired) electrons. The van der Waals surface area contributed by atoms with Crippen molar-refractivity contribution in [2.75, 3.05) is 13.2 Å². The molecule has 1 aliphatic rings. The SMILES string of the molecule is Cc1cc(OCC(C)CNC2CC2)ccc1C(C)C. The quantitative estimate of drug-likeness (QED) is 0.804. The van der Waals surface area contributed by atoms with Crippen LogP contribution in [0.15, 0.2) is 18.2 Å². The van der Waals surface area contributed by atoms with Crippen LogP contribution in [0, 0.1) is 12.8 Å². The van der Waals surface area contributed by atoms with E-state index >= 15 is 0 Å². The Morgan fingerprint density at radius 3 is 2.58 bits per heavy atom. The van der Waals surface area contributed by atoms with Crippen molar-refractivity contribution in [1.29, 1.82) is 0 Å². The van der Waals surface area contributed by atoms with E-state index in [4.69, 9.17) is 4.74 Å². The van der Waals surface area contributed by atoms with E-state index in [1.165, 1.54) is 24.0 Å². The molecule has 0 amide bonds. The van der Waals surface area contributed by atoms with Crippen molar-refractivity contribution in [3.63, 3.8) is 0 Å². The summed E-state index contributed by atoms with van der Waals surface area (Å²) in [5, 5.41) is 3.55. The van der Waals surface area contributed by atoms with Crippen LogP contribution in [0.2, 0.25) is 0 Å². The summed E-state index contributed by atoms with van der Waals surface area (Å²) in [4.78, 5) is 0. The van der Waals surface area contributed by atoms with Gasteiger partial charge in [0.05, 0.1) is 6.61 Å². The van der Waals surface area contributed by atoms with Crippen LogP contribution in [0.1, 0.15) is 50.7 Å². The lowest BCUT2D eigenvalue weighted by Gasteiger charge is -2.16. The molecule has 0 aliphatic heterocycles. The number of hydrogen-bond acceptors (Lipinski definition) is 2. The lowest BCUT2D eigenvalue weighted by atomic mass is 9.98. The molecule has 19 heavy (non-hydrogen) atoms. The van der Waals surface area contributed by atoms with Gasteiger partial charge in [0.1, 0.15) is 5.75 Å². The maximum atomic E-state index is 5.90. The van der Waals surface area contributed by atoms with Crippen LogP contribution in [0.3, 0.4) is 0 Å². The fourth-order valence-corrected chi connectivity index (χ4v) is 2.34. The summed E-state index contributed by atoms with van der Waals surface area (Å²) < 4.78 is 5.90. The van der Waals surface area contributed by atoms with Gasteiger partial charge in [0.2, 0.25) is 0 Å². The van der Waals surface area contributed by atoms with Crippen molar-refractivity contribution in [2.24, 2.45) is 5.92 Å². The summed E-state index contributed by atoms with van der Waals surface area (Å²) in [5.74, 6) is 2.14. The maximum Gasteiger partial charge on any atom is 0.119 e. The van der Waals surface area contributed by atoms with Gasteiger partial charge in [-0.25, -0.2) is 0 Å². The third-order valence-corrected chi connectivity index (χ3v) is 3.73. The Hall–Kier alpha value is -1.02. The van der Waals surface area contributed by atoms with Crippen molar-refractivity contribution < 1.29 is 4.74 Å².